The Morgan fingerprint density at radius 1 is 1.05 bits per heavy atom. The van der Waals surface area contributed by atoms with E-state index >= 15 is 0 Å². The zero-order valence-electron chi connectivity index (χ0n) is 11.1. The number of likely N-dealkylation sites (N-methyl/N-ethyl adjacent to an activating group) is 1. The molecule has 0 saturated carbocycles. The van der Waals surface area contributed by atoms with Crippen LogP contribution < -0.4 is 5.32 Å². The summed E-state index contributed by atoms with van der Waals surface area (Å²) in [5.41, 5.74) is 2.89. The number of hydrogen-bond donors (Lipinski definition) is 2. The van der Waals surface area contributed by atoms with Gasteiger partial charge in [0.25, 0.3) is 0 Å². The first kappa shape index (κ1) is 13.5. The quantitative estimate of drug-likeness (QED) is 0.858. The standard InChI is InChI=1S/C17H19NO/c1-18-13-12-16(14-8-4-2-5-9-14)17(19)15-10-6-3-7-11-15/h2-12,17-19H,13H2,1H3/b16-12+. The van der Waals surface area contributed by atoms with E-state index in [1.54, 1.807) is 0 Å². The number of aliphatic hydroxyl groups excluding tert-OH is 1. The summed E-state index contributed by atoms with van der Waals surface area (Å²) in [5.74, 6) is 0. The van der Waals surface area contributed by atoms with E-state index in [9.17, 15) is 5.11 Å². The average Bonchev–Trinajstić information content (AvgIpc) is 2.49. The van der Waals surface area contributed by atoms with Crippen molar-refractivity contribution in [1.29, 1.82) is 0 Å². The zero-order valence-corrected chi connectivity index (χ0v) is 11.1. The second-order valence-corrected chi connectivity index (χ2v) is 4.40. The maximum atomic E-state index is 10.6. The summed E-state index contributed by atoms with van der Waals surface area (Å²) in [6.07, 6.45) is 1.43. The molecule has 0 aromatic heterocycles. The van der Waals surface area contributed by atoms with Crippen LogP contribution >= 0.6 is 0 Å². The van der Waals surface area contributed by atoms with Crippen LogP contribution in [0.2, 0.25) is 0 Å². The Bertz CT molecular complexity index is 519. The Morgan fingerprint density at radius 2 is 1.63 bits per heavy atom. The zero-order chi connectivity index (χ0) is 13.5. The first-order valence-corrected chi connectivity index (χ1v) is 6.46. The third-order valence-electron chi connectivity index (χ3n) is 3.04. The number of benzene rings is 2. The van der Waals surface area contributed by atoms with Gasteiger partial charge in [-0.3, -0.25) is 0 Å². The summed E-state index contributed by atoms with van der Waals surface area (Å²) in [6.45, 7) is 0.730. The second-order valence-electron chi connectivity index (χ2n) is 4.40. The maximum absolute atomic E-state index is 10.6. The minimum Gasteiger partial charge on any atom is -0.384 e. The van der Waals surface area contributed by atoms with Crippen LogP contribution in [0.3, 0.4) is 0 Å². The van der Waals surface area contributed by atoms with Crippen molar-refractivity contribution in [3.63, 3.8) is 0 Å². The molecule has 98 valence electrons. The van der Waals surface area contributed by atoms with E-state index in [1.165, 1.54) is 0 Å². The van der Waals surface area contributed by atoms with Gasteiger partial charge >= 0.3 is 0 Å². The molecule has 0 fully saturated rings. The van der Waals surface area contributed by atoms with E-state index in [4.69, 9.17) is 0 Å². The van der Waals surface area contributed by atoms with Crippen molar-refractivity contribution in [2.24, 2.45) is 0 Å². The Morgan fingerprint density at radius 3 is 2.21 bits per heavy atom. The minimum absolute atomic E-state index is 0.600. The van der Waals surface area contributed by atoms with Crippen LogP contribution in [0.15, 0.2) is 66.7 Å². The van der Waals surface area contributed by atoms with Crippen LogP contribution in [0.1, 0.15) is 17.2 Å². The first-order chi connectivity index (χ1) is 9.33. The van der Waals surface area contributed by atoms with Crippen molar-refractivity contribution in [3.8, 4) is 0 Å². The number of hydrogen-bond acceptors (Lipinski definition) is 2. The van der Waals surface area contributed by atoms with Crippen LogP contribution in [0, 0.1) is 0 Å². The molecule has 0 spiro atoms. The number of rotatable bonds is 5. The lowest BCUT2D eigenvalue weighted by atomic mass is 9.95. The highest BCUT2D eigenvalue weighted by molar-refractivity contribution is 5.70. The van der Waals surface area contributed by atoms with Gasteiger partial charge in [0.15, 0.2) is 0 Å². The van der Waals surface area contributed by atoms with Gasteiger partial charge in [0.1, 0.15) is 6.10 Å². The van der Waals surface area contributed by atoms with Crippen LogP contribution in [0.25, 0.3) is 5.57 Å². The molecule has 0 amide bonds. The lowest BCUT2D eigenvalue weighted by Gasteiger charge is -2.16. The summed E-state index contributed by atoms with van der Waals surface area (Å²) >= 11 is 0. The molecular formula is C17H19NO. The third kappa shape index (κ3) is 3.53. The maximum Gasteiger partial charge on any atom is 0.104 e. The van der Waals surface area contributed by atoms with E-state index in [-0.39, 0.29) is 0 Å². The highest BCUT2D eigenvalue weighted by Gasteiger charge is 2.14. The summed E-state index contributed by atoms with van der Waals surface area (Å²) in [6, 6.07) is 19.7. The third-order valence-corrected chi connectivity index (χ3v) is 3.04. The van der Waals surface area contributed by atoms with Crippen LogP contribution in [0.4, 0.5) is 0 Å². The fourth-order valence-electron chi connectivity index (χ4n) is 2.04. The second kappa shape index (κ2) is 6.88. The molecule has 0 aliphatic carbocycles. The molecule has 0 heterocycles. The molecule has 2 heteroatoms. The van der Waals surface area contributed by atoms with Gasteiger partial charge in [-0.1, -0.05) is 66.7 Å². The molecule has 0 saturated heterocycles. The van der Waals surface area contributed by atoms with Gasteiger partial charge in [0.2, 0.25) is 0 Å². The van der Waals surface area contributed by atoms with E-state index in [1.807, 2.05) is 73.8 Å². The number of aliphatic hydroxyl groups is 1. The van der Waals surface area contributed by atoms with Gasteiger partial charge in [-0.05, 0) is 23.7 Å². The molecule has 1 unspecified atom stereocenters. The lowest BCUT2D eigenvalue weighted by molar-refractivity contribution is 0.238. The summed E-state index contributed by atoms with van der Waals surface area (Å²) in [4.78, 5) is 0. The van der Waals surface area contributed by atoms with Gasteiger partial charge in [-0.15, -0.1) is 0 Å². The van der Waals surface area contributed by atoms with Crippen molar-refractivity contribution in [2.45, 2.75) is 6.10 Å². The fourth-order valence-corrected chi connectivity index (χ4v) is 2.04. The normalized spacial score (nSPS) is 13.3. The largest absolute Gasteiger partial charge is 0.384 e. The molecule has 2 nitrogen and oxygen atoms in total. The molecule has 1 atom stereocenters. The van der Waals surface area contributed by atoms with Gasteiger partial charge < -0.3 is 10.4 Å². The van der Waals surface area contributed by atoms with Gasteiger partial charge in [-0.2, -0.15) is 0 Å². The summed E-state index contributed by atoms with van der Waals surface area (Å²) < 4.78 is 0. The molecule has 2 aromatic rings. The van der Waals surface area contributed by atoms with Crippen molar-refractivity contribution < 1.29 is 5.11 Å². The molecule has 2 rings (SSSR count). The highest BCUT2D eigenvalue weighted by Crippen LogP contribution is 2.29. The molecule has 0 radical (unpaired) electrons. The molecule has 0 aliphatic rings. The van der Waals surface area contributed by atoms with Crippen molar-refractivity contribution >= 4 is 5.57 Å². The highest BCUT2D eigenvalue weighted by atomic mass is 16.3. The topological polar surface area (TPSA) is 32.3 Å². The first-order valence-electron chi connectivity index (χ1n) is 6.46. The van der Waals surface area contributed by atoms with Gasteiger partial charge in [-0.25, -0.2) is 0 Å². The fraction of sp³-hybridized carbons (Fsp3) is 0.176. The van der Waals surface area contributed by atoms with Crippen molar-refractivity contribution in [1.82, 2.24) is 5.32 Å². The van der Waals surface area contributed by atoms with E-state index in [0.717, 1.165) is 23.2 Å². The van der Waals surface area contributed by atoms with Crippen molar-refractivity contribution in [2.75, 3.05) is 13.6 Å². The van der Waals surface area contributed by atoms with Crippen LogP contribution in [-0.4, -0.2) is 18.7 Å². The van der Waals surface area contributed by atoms with Crippen molar-refractivity contribution in [3.05, 3.63) is 77.9 Å². The molecular weight excluding hydrogens is 234 g/mol. The van der Waals surface area contributed by atoms with Crippen LogP contribution in [-0.2, 0) is 0 Å². The Hall–Kier alpha value is -1.90. The summed E-state index contributed by atoms with van der Waals surface area (Å²) in [5, 5.41) is 13.7. The lowest BCUT2D eigenvalue weighted by Crippen LogP contribution is -2.08. The summed E-state index contributed by atoms with van der Waals surface area (Å²) in [7, 11) is 1.90. The average molecular weight is 253 g/mol. The van der Waals surface area contributed by atoms with Crippen LogP contribution in [0.5, 0.6) is 0 Å². The molecule has 0 aliphatic heterocycles. The van der Waals surface area contributed by atoms with E-state index in [2.05, 4.69) is 5.32 Å². The van der Waals surface area contributed by atoms with E-state index < -0.39 is 6.10 Å². The Labute approximate surface area is 114 Å². The SMILES string of the molecule is CNC/C=C(\c1ccccc1)C(O)c1ccccc1. The Kier molecular flexibility index (Phi) is 4.90. The molecule has 2 aromatic carbocycles. The van der Waals surface area contributed by atoms with Gasteiger partial charge in [0.05, 0.1) is 0 Å². The van der Waals surface area contributed by atoms with Gasteiger partial charge in [0, 0.05) is 6.54 Å². The minimum atomic E-state index is -0.600. The Balaban J connectivity index is 2.34. The predicted molar refractivity (Wildman–Crippen MR) is 79.7 cm³/mol. The monoisotopic (exact) mass is 253 g/mol. The molecule has 2 N–H and O–H groups in total. The molecule has 19 heavy (non-hydrogen) atoms. The van der Waals surface area contributed by atoms with E-state index in [0.29, 0.717) is 0 Å². The predicted octanol–water partition coefficient (Wildman–Crippen LogP) is 3.02. The number of nitrogens with one attached hydrogen (secondary N) is 1. The molecule has 0 bridgehead atoms. The smallest absolute Gasteiger partial charge is 0.104 e.